The Morgan fingerprint density at radius 3 is 2.79 bits per heavy atom. The minimum atomic E-state index is -0.630. The third kappa shape index (κ3) is 6.64. The first-order chi connectivity index (χ1) is 16.3. The molecule has 0 radical (unpaired) electrons. The highest BCUT2D eigenvalue weighted by Gasteiger charge is 2.39. The zero-order valence-corrected chi connectivity index (χ0v) is 20.3. The predicted molar refractivity (Wildman–Crippen MR) is 134 cm³/mol. The van der Waals surface area contributed by atoms with Gasteiger partial charge in [0.05, 0.1) is 10.6 Å². The largest absolute Gasteiger partial charge is 0.382 e. The number of nitro groups is 1. The number of amides is 2. The highest BCUT2D eigenvalue weighted by molar-refractivity contribution is 8.15. The van der Waals surface area contributed by atoms with Crippen molar-refractivity contribution in [2.45, 2.75) is 38.9 Å². The van der Waals surface area contributed by atoms with Crippen molar-refractivity contribution in [1.82, 2.24) is 4.90 Å². The van der Waals surface area contributed by atoms with Crippen molar-refractivity contribution in [2.75, 3.05) is 25.1 Å². The maximum Gasteiger partial charge on any atom is 0.271 e. The molecule has 1 heterocycles. The zero-order chi connectivity index (χ0) is 24.7. The molecule has 1 N–H and O–H groups in total. The second kappa shape index (κ2) is 11.8. The van der Waals surface area contributed by atoms with E-state index in [1.165, 1.54) is 30.0 Å². The number of nitrogens with zero attached hydrogens (tertiary/aromatic N) is 3. The van der Waals surface area contributed by atoms with E-state index < -0.39 is 16.1 Å². The van der Waals surface area contributed by atoms with Gasteiger partial charge in [-0.3, -0.25) is 24.6 Å². The van der Waals surface area contributed by atoms with Crippen molar-refractivity contribution in [3.63, 3.8) is 0 Å². The molecule has 10 heteroatoms. The lowest BCUT2D eigenvalue weighted by molar-refractivity contribution is -0.384. The fourth-order valence-corrected chi connectivity index (χ4v) is 4.60. The lowest BCUT2D eigenvalue weighted by Gasteiger charge is -2.16. The first-order valence-corrected chi connectivity index (χ1v) is 11.9. The van der Waals surface area contributed by atoms with Crippen LogP contribution in [0, 0.1) is 24.0 Å². The number of aryl methyl sites for hydroxylation is 2. The highest BCUT2D eigenvalue weighted by Crippen LogP contribution is 2.33. The number of hydrogen-bond donors (Lipinski definition) is 1. The standard InChI is InChI=1S/C24H28N4O5S/c1-4-33-12-6-11-27-23(30)21(34-24(27)26-20-13-16(2)9-10-17(20)3)15-22(29)25-18-7-5-8-19(14-18)28(31)32/h5,7-10,13-14,21H,4,6,11-12,15H2,1-3H3,(H,25,29). The summed E-state index contributed by atoms with van der Waals surface area (Å²) in [6, 6.07) is 11.7. The summed E-state index contributed by atoms with van der Waals surface area (Å²) in [5.74, 6) is -0.576. The lowest BCUT2D eigenvalue weighted by Crippen LogP contribution is -2.34. The fourth-order valence-electron chi connectivity index (χ4n) is 3.42. The third-order valence-corrected chi connectivity index (χ3v) is 6.36. The van der Waals surface area contributed by atoms with E-state index >= 15 is 0 Å². The minimum absolute atomic E-state index is 0.0695. The molecule has 1 atom stereocenters. The Labute approximate surface area is 202 Å². The Morgan fingerprint density at radius 2 is 2.06 bits per heavy atom. The van der Waals surface area contributed by atoms with Gasteiger partial charge in [-0.15, -0.1) is 0 Å². The lowest BCUT2D eigenvalue weighted by atomic mass is 10.1. The number of hydrogen-bond acceptors (Lipinski definition) is 7. The van der Waals surface area contributed by atoms with Crippen LogP contribution in [0.4, 0.5) is 17.1 Å². The van der Waals surface area contributed by atoms with E-state index in [1.54, 1.807) is 11.0 Å². The van der Waals surface area contributed by atoms with Gasteiger partial charge in [0, 0.05) is 44.0 Å². The first-order valence-electron chi connectivity index (χ1n) is 11.0. The summed E-state index contributed by atoms with van der Waals surface area (Å²) < 4.78 is 5.40. The van der Waals surface area contributed by atoms with E-state index in [2.05, 4.69) is 5.32 Å². The quantitative estimate of drug-likeness (QED) is 0.299. The van der Waals surface area contributed by atoms with Gasteiger partial charge in [0.2, 0.25) is 11.8 Å². The minimum Gasteiger partial charge on any atom is -0.382 e. The van der Waals surface area contributed by atoms with Gasteiger partial charge in [-0.25, -0.2) is 4.99 Å². The van der Waals surface area contributed by atoms with Gasteiger partial charge in [-0.05, 0) is 50.5 Å². The normalized spacial score (nSPS) is 16.8. The van der Waals surface area contributed by atoms with Crippen LogP contribution in [0.25, 0.3) is 0 Å². The van der Waals surface area contributed by atoms with Crippen molar-refractivity contribution in [2.24, 2.45) is 4.99 Å². The molecule has 2 amide bonds. The molecular formula is C24H28N4O5S. The van der Waals surface area contributed by atoms with Crippen molar-refractivity contribution in [1.29, 1.82) is 0 Å². The number of non-ortho nitro benzene ring substituents is 1. The molecule has 2 aromatic carbocycles. The molecule has 3 rings (SSSR count). The number of nitrogens with one attached hydrogen (secondary N) is 1. The van der Waals surface area contributed by atoms with Crippen molar-refractivity contribution in [3.05, 3.63) is 63.7 Å². The molecule has 0 aromatic heterocycles. The van der Waals surface area contributed by atoms with Crippen molar-refractivity contribution in [3.8, 4) is 0 Å². The molecule has 1 saturated heterocycles. The van der Waals surface area contributed by atoms with Crippen LogP contribution in [-0.4, -0.2) is 51.8 Å². The Morgan fingerprint density at radius 1 is 1.26 bits per heavy atom. The van der Waals surface area contributed by atoms with Crippen LogP contribution in [-0.2, 0) is 14.3 Å². The van der Waals surface area contributed by atoms with Gasteiger partial charge in [-0.2, -0.15) is 0 Å². The SMILES string of the molecule is CCOCCCN1C(=O)C(CC(=O)Nc2cccc([N+](=O)[O-])c2)SC1=Nc1cc(C)ccc1C. The number of nitro benzene ring substituents is 1. The molecule has 34 heavy (non-hydrogen) atoms. The van der Waals surface area contributed by atoms with Gasteiger partial charge in [0.1, 0.15) is 5.25 Å². The molecule has 2 aromatic rings. The number of carbonyl (C=O) groups excluding carboxylic acids is 2. The van der Waals surface area contributed by atoms with Crippen LogP contribution in [0.15, 0.2) is 47.5 Å². The maximum absolute atomic E-state index is 13.2. The molecule has 180 valence electrons. The van der Waals surface area contributed by atoms with Crippen LogP contribution >= 0.6 is 11.8 Å². The summed E-state index contributed by atoms with van der Waals surface area (Å²) in [5.41, 5.74) is 3.04. The topological polar surface area (TPSA) is 114 Å². The molecule has 1 aliphatic heterocycles. The number of aliphatic imine (C=N–C) groups is 1. The van der Waals surface area contributed by atoms with E-state index in [0.29, 0.717) is 37.0 Å². The van der Waals surface area contributed by atoms with E-state index in [1.807, 2.05) is 39.0 Å². The smallest absolute Gasteiger partial charge is 0.271 e. The zero-order valence-electron chi connectivity index (χ0n) is 19.4. The summed E-state index contributed by atoms with van der Waals surface area (Å²) >= 11 is 1.26. The maximum atomic E-state index is 13.2. The van der Waals surface area contributed by atoms with Crippen LogP contribution < -0.4 is 5.32 Å². The molecule has 0 spiro atoms. The fraction of sp³-hybridized carbons (Fsp3) is 0.375. The summed E-state index contributed by atoms with van der Waals surface area (Å²) in [6.45, 7) is 7.44. The van der Waals surface area contributed by atoms with Gasteiger partial charge in [-0.1, -0.05) is 30.0 Å². The number of benzene rings is 2. The number of anilines is 1. The van der Waals surface area contributed by atoms with Crippen molar-refractivity contribution >= 4 is 45.8 Å². The molecule has 0 aliphatic carbocycles. The average molecular weight is 485 g/mol. The number of carbonyl (C=O) groups is 2. The Balaban J connectivity index is 1.76. The highest BCUT2D eigenvalue weighted by atomic mass is 32.2. The number of ether oxygens (including phenoxy) is 1. The van der Waals surface area contributed by atoms with E-state index in [-0.39, 0.29) is 18.0 Å². The first kappa shape index (κ1) is 25.4. The Hall–Kier alpha value is -3.24. The van der Waals surface area contributed by atoms with E-state index in [4.69, 9.17) is 9.73 Å². The molecule has 9 nitrogen and oxygen atoms in total. The van der Waals surface area contributed by atoms with E-state index in [0.717, 1.165) is 16.8 Å². The van der Waals surface area contributed by atoms with Gasteiger partial charge in [0.15, 0.2) is 5.17 Å². The summed E-state index contributed by atoms with van der Waals surface area (Å²) in [5, 5.41) is 13.6. The van der Waals surface area contributed by atoms with Gasteiger partial charge >= 0.3 is 0 Å². The summed E-state index contributed by atoms with van der Waals surface area (Å²) in [6.07, 6.45) is 0.582. The monoisotopic (exact) mass is 484 g/mol. The van der Waals surface area contributed by atoms with Crippen LogP contribution in [0.1, 0.15) is 30.9 Å². The summed E-state index contributed by atoms with van der Waals surface area (Å²) in [7, 11) is 0. The Kier molecular flexibility index (Phi) is 8.78. The second-order valence-corrected chi connectivity index (χ2v) is 9.06. The van der Waals surface area contributed by atoms with E-state index in [9.17, 15) is 19.7 Å². The molecule has 1 unspecified atom stereocenters. The van der Waals surface area contributed by atoms with Crippen LogP contribution in [0.2, 0.25) is 0 Å². The third-order valence-electron chi connectivity index (χ3n) is 5.19. The van der Waals surface area contributed by atoms with Crippen LogP contribution in [0.5, 0.6) is 0 Å². The predicted octanol–water partition coefficient (Wildman–Crippen LogP) is 4.60. The molecule has 0 bridgehead atoms. The number of rotatable bonds is 10. The number of amidine groups is 1. The molecule has 1 fully saturated rings. The van der Waals surface area contributed by atoms with Crippen LogP contribution in [0.3, 0.4) is 0 Å². The number of thioether (sulfide) groups is 1. The van der Waals surface area contributed by atoms with Crippen molar-refractivity contribution < 1.29 is 19.2 Å². The average Bonchev–Trinajstić information content (AvgIpc) is 3.08. The Bertz CT molecular complexity index is 1100. The van der Waals surface area contributed by atoms with Gasteiger partial charge < -0.3 is 10.1 Å². The summed E-state index contributed by atoms with van der Waals surface area (Å²) in [4.78, 5) is 42.6. The second-order valence-electron chi connectivity index (χ2n) is 7.89. The van der Waals surface area contributed by atoms with Gasteiger partial charge in [0.25, 0.3) is 5.69 Å². The molecule has 1 aliphatic rings. The molecule has 0 saturated carbocycles. The molecular weight excluding hydrogens is 456 g/mol.